The average molecular weight is 252 g/mol. The lowest BCUT2D eigenvalue weighted by Crippen LogP contribution is -1.95. The van der Waals surface area contributed by atoms with Crippen molar-refractivity contribution < 1.29 is 4.42 Å². The van der Waals surface area contributed by atoms with Gasteiger partial charge in [-0.3, -0.25) is 0 Å². The Morgan fingerprint density at radius 1 is 1.11 bits per heavy atom. The predicted molar refractivity (Wildman–Crippen MR) is 77.9 cm³/mol. The number of nitrogens with two attached hydrogens (primary N) is 1. The maximum absolute atomic E-state index is 6.05. The van der Waals surface area contributed by atoms with E-state index in [4.69, 9.17) is 10.2 Å². The zero-order chi connectivity index (χ0) is 13.4. The minimum absolute atomic E-state index is 0.376. The maximum atomic E-state index is 6.05. The SMILES string of the molecule is CC(C)c1cc2nc(-c3ccccc3)oc2cc1N. The Balaban J connectivity index is 2.16. The van der Waals surface area contributed by atoms with E-state index in [1.807, 2.05) is 42.5 Å². The van der Waals surface area contributed by atoms with Crippen LogP contribution in [0.2, 0.25) is 0 Å². The quantitative estimate of drug-likeness (QED) is 0.695. The molecule has 96 valence electrons. The van der Waals surface area contributed by atoms with Crippen molar-refractivity contribution in [3.63, 3.8) is 0 Å². The fourth-order valence-electron chi connectivity index (χ4n) is 2.21. The zero-order valence-corrected chi connectivity index (χ0v) is 11.1. The average Bonchev–Trinajstić information content (AvgIpc) is 2.81. The molecule has 0 fully saturated rings. The van der Waals surface area contributed by atoms with Crippen LogP contribution in [0.5, 0.6) is 0 Å². The van der Waals surface area contributed by atoms with Gasteiger partial charge in [-0.15, -0.1) is 0 Å². The number of hydrogen-bond donors (Lipinski definition) is 1. The van der Waals surface area contributed by atoms with Gasteiger partial charge in [0.25, 0.3) is 0 Å². The number of anilines is 1. The van der Waals surface area contributed by atoms with Crippen molar-refractivity contribution in [3.05, 3.63) is 48.0 Å². The van der Waals surface area contributed by atoms with Crippen LogP contribution < -0.4 is 5.73 Å². The lowest BCUT2D eigenvalue weighted by Gasteiger charge is -2.07. The molecule has 0 saturated carbocycles. The van der Waals surface area contributed by atoms with Crippen LogP contribution in [0.25, 0.3) is 22.6 Å². The van der Waals surface area contributed by atoms with E-state index in [1.165, 1.54) is 0 Å². The van der Waals surface area contributed by atoms with E-state index in [0.717, 1.165) is 27.9 Å². The Morgan fingerprint density at radius 2 is 1.84 bits per heavy atom. The molecular weight excluding hydrogens is 236 g/mol. The van der Waals surface area contributed by atoms with Crippen LogP contribution in [0.1, 0.15) is 25.3 Å². The van der Waals surface area contributed by atoms with Gasteiger partial charge in [-0.05, 0) is 29.7 Å². The first-order valence-corrected chi connectivity index (χ1v) is 6.40. The minimum Gasteiger partial charge on any atom is -0.436 e. The van der Waals surface area contributed by atoms with Gasteiger partial charge in [0, 0.05) is 17.3 Å². The Labute approximate surface area is 112 Å². The van der Waals surface area contributed by atoms with Gasteiger partial charge in [-0.2, -0.15) is 0 Å². The third kappa shape index (κ3) is 2.08. The Kier molecular flexibility index (Phi) is 2.75. The lowest BCUT2D eigenvalue weighted by molar-refractivity contribution is 0.620. The molecule has 0 atom stereocenters. The van der Waals surface area contributed by atoms with Crippen LogP contribution in [0.15, 0.2) is 46.9 Å². The van der Waals surface area contributed by atoms with E-state index in [2.05, 4.69) is 18.8 Å². The van der Waals surface area contributed by atoms with Gasteiger partial charge in [0.15, 0.2) is 5.58 Å². The van der Waals surface area contributed by atoms with Gasteiger partial charge in [-0.25, -0.2) is 4.98 Å². The number of rotatable bonds is 2. The van der Waals surface area contributed by atoms with Gasteiger partial charge in [0.05, 0.1) is 0 Å². The topological polar surface area (TPSA) is 52.0 Å². The summed E-state index contributed by atoms with van der Waals surface area (Å²) >= 11 is 0. The molecule has 0 unspecified atom stereocenters. The second-order valence-electron chi connectivity index (χ2n) is 4.99. The van der Waals surface area contributed by atoms with E-state index in [0.29, 0.717) is 11.8 Å². The molecule has 0 amide bonds. The Bertz CT molecular complexity index is 714. The molecule has 3 rings (SSSR count). The predicted octanol–water partition coefficient (Wildman–Crippen LogP) is 4.20. The molecule has 0 spiro atoms. The first kappa shape index (κ1) is 11.8. The molecule has 3 aromatic rings. The molecule has 3 heteroatoms. The minimum atomic E-state index is 0.376. The van der Waals surface area contributed by atoms with Crippen LogP contribution in [0.4, 0.5) is 5.69 Å². The smallest absolute Gasteiger partial charge is 0.227 e. The summed E-state index contributed by atoms with van der Waals surface area (Å²) in [5, 5.41) is 0. The van der Waals surface area contributed by atoms with Gasteiger partial charge < -0.3 is 10.2 Å². The van der Waals surface area contributed by atoms with E-state index >= 15 is 0 Å². The van der Waals surface area contributed by atoms with E-state index in [-0.39, 0.29) is 0 Å². The summed E-state index contributed by atoms with van der Waals surface area (Å²) in [4.78, 5) is 4.54. The van der Waals surface area contributed by atoms with Crippen molar-refractivity contribution >= 4 is 16.8 Å². The van der Waals surface area contributed by atoms with Crippen molar-refractivity contribution in [2.24, 2.45) is 0 Å². The first-order chi connectivity index (χ1) is 9.15. The second kappa shape index (κ2) is 4.43. The number of nitrogen functional groups attached to an aromatic ring is 1. The molecule has 0 aliphatic carbocycles. The normalized spacial score (nSPS) is 11.3. The molecular formula is C16H16N2O. The maximum Gasteiger partial charge on any atom is 0.227 e. The van der Waals surface area contributed by atoms with Crippen molar-refractivity contribution in [2.45, 2.75) is 19.8 Å². The summed E-state index contributed by atoms with van der Waals surface area (Å²) < 4.78 is 5.78. The number of hydrogen-bond acceptors (Lipinski definition) is 3. The van der Waals surface area contributed by atoms with Gasteiger partial charge in [0.2, 0.25) is 5.89 Å². The highest BCUT2D eigenvalue weighted by atomic mass is 16.3. The highest BCUT2D eigenvalue weighted by Gasteiger charge is 2.12. The molecule has 0 saturated heterocycles. The fourth-order valence-corrected chi connectivity index (χ4v) is 2.21. The van der Waals surface area contributed by atoms with Crippen molar-refractivity contribution in [2.75, 3.05) is 5.73 Å². The molecule has 0 radical (unpaired) electrons. The fraction of sp³-hybridized carbons (Fsp3) is 0.188. The molecule has 2 aromatic carbocycles. The number of fused-ring (bicyclic) bond motifs is 1. The summed E-state index contributed by atoms with van der Waals surface area (Å²) in [6, 6.07) is 13.8. The third-order valence-electron chi connectivity index (χ3n) is 3.24. The van der Waals surface area contributed by atoms with Crippen molar-refractivity contribution in [1.29, 1.82) is 0 Å². The van der Waals surface area contributed by atoms with Crippen LogP contribution in [-0.4, -0.2) is 4.98 Å². The largest absolute Gasteiger partial charge is 0.436 e. The molecule has 0 aliphatic heterocycles. The summed E-state index contributed by atoms with van der Waals surface area (Å²) in [7, 11) is 0. The van der Waals surface area contributed by atoms with Crippen LogP contribution in [0, 0.1) is 0 Å². The van der Waals surface area contributed by atoms with Gasteiger partial charge in [0.1, 0.15) is 5.52 Å². The third-order valence-corrected chi connectivity index (χ3v) is 3.24. The van der Waals surface area contributed by atoms with Crippen LogP contribution >= 0.6 is 0 Å². The number of benzene rings is 2. The van der Waals surface area contributed by atoms with E-state index in [1.54, 1.807) is 0 Å². The van der Waals surface area contributed by atoms with Crippen LogP contribution in [-0.2, 0) is 0 Å². The molecule has 19 heavy (non-hydrogen) atoms. The molecule has 0 aliphatic rings. The van der Waals surface area contributed by atoms with Crippen LogP contribution in [0.3, 0.4) is 0 Å². The number of aromatic nitrogens is 1. The first-order valence-electron chi connectivity index (χ1n) is 6.40. The standard InChI is InChI=1S/C16H16N2O/c1-10(2)12-8-14-15(9-13(12)17)19-16(18-14)11-6-4-3-5-7-11/h3-10H,17H2,1-2H3. The number of nitrogens with zero attached hydrogens (tertiary/aromatic N) is 1. The van der Waals surface area contributed by atoms with Crippen molar-refractivity contribution in [1.82, 2.24) is 4.98 Å². The lowest BCUT2D eigenvalue weighted by atomic mass is 10.0. The Hall–Kier alpha value is -2.29. The molecule has 2 N–H and O–H groups in total. The van der Waals surface area contributed by atoms with E-state index < -0.39 is 0 Å². The molecule has 1 heterocycles. The second-order valence-corrected chi connectivity index (χ2v) is 4.99. The summed E-state index contributed by atoms with van der Waals surface area (Å²) in [5.74, 6) is 1.01. The molecule has 1 aromatic heterocycles. The highest BCUT2D eigenvalue weighted by Crippen LogP contribution is 2.30. The van der Waals surface area contributed by atoms with Gasteiger partial charge in [-0.1, -0.05) is 32.0 Å². The van der Waals surface area contributed by atoms with Crippen molar-refractivity contribution in [3.8, 4) is 11.5 Å². The van der Waals surface area contributed by atoms with E-state index in [9.17, 15) is 0 Å². The monoisotopic (exact) mass is 252 g/mol. The molecule has 0 bridgehead atoms. The Morgan fingerprint density at radius 3 is 2.53 bits per heavy atom. The zero-order valence-electron chi connectivity index (χ0n) is 11.1. The number of oxazole rings is 1. The summed E-state index contributed by atoms with van der Waals surface area (Å²) in [6.07, 6.45) is 0. The highest BCUT2D eigenvalue weighted by molar-refractivity contribution is 5.81. The summed E-state index contributed by atoms with van der Waals surface area (Å²) in [6.45, 7) is 4.24. The van der Waals surface area contributed by atoms with Gasteiger partial charge >= 0.3 is 0 Å². The summed E-state index contributed by atoms with van der Waals surface area (Å²) in [5.41, 5.74) is 10.5. The molecule has 3 nitrogen and oxygen atoms in total.